The topological polar surface area (TPSA) is 54.0 Å². The van der Waals surface area contributed by atoms with Gasteiger partial charge >= 0.3 is 5.97 Å². The third-order valence-corrected chi connectivity index (χ3v) is 5.54. The summed E-state index contributed by atoms with van der Waals surface area (Å²) >= 11 is 5.58. The van der Waals surface area contributed by atoms with Crippen LogP contribution in [-0.2, 0) is 11.2 Å². The van der Waals surface area contributed by atoms with Crippen molar-refractivity contribution in [1.29, 1.82) is 0 Å². The zero-order chi connectivity index (χ0) is 21.3. The van der Waals surface area contributed by atoms with E-state index in [1.54, 1.807) is 26.2 Å². The number of thiocarbonyl (C=S) groups is 1. The van der Waals surface area contributed by atoms with Gasteiger partial charge in [0.2, 0.25) is 0 Å². The highest BCUT2D eigenvalue weighted by atomic mass is 32.1. The largest absolute Gasteiger partial charge is 0.497 e. The van der Waals surface area contributed by atoms with E-state index in [4.69, 9.17) is 21.7 Å². The number of ether oxygens (including phenoxy) is 2. The van der Waals surface area contributed by atoms with Crippen molar-refractivity contribution in [2.75, 3.05) is 51.8 Å². The summed E-state index contributed by atoms with van der Waals surface area (Å²) in [5.41, 5.74) is 2.73. The lowest BCUT2D eigenvalue weighted by Crippen LogP contribution is -2.50. The van der Waals surface area contributed by atoms with Crippen molar-refractivity contribution in [3.8, 4) is 5.75 Å². The van der Waals surface area contributed by atoms with E-state index in [0.717, 1.165) is 50.6 Å². The number of nitrogens with one attached hydrogen (secondary N) is 1. The van der Waals surface area contributed by atoms with Crippen LogP contribution >= 0.6 is 12.2 Å². The maximum atomic E-state index is 11.7. The van der Waals surface area contributed by atoms with Crippen LogP contribution in [0.2, 0.25) is 0 Å². The standard InChI is InChI=1S/C23H29N3O3S/c1-3-29-22(27)19-6-8-20(9-7-19)24-23(30)26-16-14-25(15-17-26)13-12-18-4-10-21(28-2)11-5-18/h4-11H,3,12-17H2,1-2H3,(H,24,30). The number of carbonyl (C=O) groups excluding carboxylic acids is 1. The number of anilines is 1. The predicted molar refractivity (Wildman–Crippen MR) is 123 cm³/mol. The molecule has 1 aliphatic heterocycles. The monoisotopic (exact) mass is 427 g/mol. The molecule has 1 aliphatic rings. The molecule has 30 heavy (non-hydrogen) atoms. The minimum absolute atomic E-state index is 0.308. The van der Waals surface area contributed by atoms with Crippen molar-refractivity contribution in [2.24, 2.45) is 0 Å². The molecule has 6 nitrogen and oxygen atoms in total. The number of hydrogen-bond donors (Lipinski definition) is 1. The third-order valence-electron chi connectivity index (χ3n) is 5.18. The highest BCUT2D eigenvalue weighted by Crippen LogP contribution is 2.14. The highest BCUT2D eigenvalue weighted by molar-refractivity contribution is 7.80. The Kier molecular flexibility index (Phi) is 8.04. The van der Waals surface area contributed by atoms with Crippen LogP contribution in [0.3, 0.4) is 0 Å². The molecule has 1 fully saturated rings. The average Bonchev–Trinajstić information content (AvgIpc) is 2.79. The van der Waals surface area contributed by atoms with Crippen molar-refractivity contribution in [3.05, 3.63) is 59.7 Å². The second-order valence-corrected chi connectivity index (χ2v) is 7.54. The van der Waals surface area contributed by atoms with Crippen molar-refractivity contribution in [1.82, 2.24) is 9.80 Å². The molecule has 0 atom stereocenters. The normalized spacial score (nSPS) is 14.3. The summed E-state index contributed by atoms with van der Waals surface area (Å²) in [6, 6.07) is 15.5. The molecule has 0 saturated carbocycles. The Morgan fingerprint density at radius 2 is 1.70 bits per heavy atom. The molecule has 0 radical (unpaired) electrons. The zero-order valence-corrected chi connectivity index (χ0v) is 18.4. The molecular weight excluding hydrogens is 398 g/mol. The summed E-state index contributed by atoms with van der Waals surface area (Å²) in [4.78, 5) is 16.4. The van der Waals surface area contributed by atoms with Crippen molar-refractivity contribution in [3.63, 3.8) is 0 Å². The number of rotatable bonds is 7. The number of esters is 1. The highest BCUT2D eigenvalue weighted by Gasteiger charge is 2.19. The van der Waals surface area contributed by atoms with E-state index in [1.807, 2.05) is 24.3 Å². The Labute approximate surface area is 183 Å². The number of hydrogen-bond acceptors (Lipinski definition) is 5. The van der Waals surface area contributed by atoms with Crippen LogP contribution in [0.4, 0.5) is 5.69 Å². The molecule has 0 aliphatic carbocycles. The van der Waals surface area contributed by atoms with Gasteiger partial charge in [-0.15, -0.1) is 0 Å². The van der Waals surface area contributed by atoms with Crippen LogP contribution in [0, 0.1) is 0 Å². The Bertz CT molecular complexity index is 832. The fraction of sp³-hybridized carbons (Fsp3) is 0.391. The van der Waals surface area contributed by atoms with E-state index >= 15 is 0 Å². The lowest BCUT2D eigenvalue weighted by Gasteiger charge is -2.36. The van der Waals surface area contributed by atoms with Crippen LogP contribution in [0.5, 0.6) is 5.75 Å². The number of piperazine rings is 1. The number of carbonyl (C=O) groups is 1. The first-order chi connectivity index (χ1) is 14.6. The van der Waals surface area contributed by atoms with Gasteiger partial charge in [0.1, 0.15) is 5.75 Å². The fourth-order valence-electron chi connectivity index (χ4n) is 3.36. The smallest absolute Gasteiger partial charge is 0.338 e. The van der Waals surface area contributed by atoms with Crippen molar-refractivity contribution in [2.45, 2.75) is 13.3 Å². The number of benzene rings is 2. The Morgan fingerprint density at radius 1 is 1.03 bits per heavy atom. The first-order valence-corrected chi connectivity index (χ1v) is 10.7. The molecule has 0 spiro atoms. The second kappa shape index (κ2) is 10.9. The van der Waals surface area contributed by atoms with Gasteiger partial charge in [-0.1, -0.05) is 12.1 Å². The zero-order valence-electron chi connectivity index (χ0n) is 17.6. The molecule has 3 rings (SSSR count). The van der Waals surface area contributed by atoms with Gasteiger partial charge in [-0.3, -0.25) is 4.90 Å². The summed E-state index contributed by atoms with van der Waals surface area (Å²) in [5, 5.41) is 3.98. The maximum absolute atomic E-state index is 11.7. The van der Waals surface area contributed by atoms with E-state index in [-0.39, 0.29) is 5.97 Å². The van der Waals surface area contributed by atoms with Crippen LogP contribution in [0.15, 0.2) is 48.5 Å². The van der Waals surface area contributed by atoms with Crippen LogP contribution in [0.25, 0.3) is 0 Å². The minimum atomic E-state index is -0.308. The van der Waals surface area contributed by atoms with Crippen LogP contribution in [0.1, 0.15) is 22.8 Å². The summed E-state index contributed by atoms with van der Waals surface area (Å²) in [5.74, 6) is 0.585. The van der Waals surface area contributed by atoms with Crippen molar-refractivity contribution < 1.29 is 14.3 Å². The molecule has 2 aromatic carbocycles. The number of methoxy groups -OCH3 is 1. The van der Waals surface area contributed by atoms with Gasteiger partial charge in [0.05, 0.1) is 19.3 Å². The summed E-state index contributed by atoms with van der Waals surface area (Å²) in [6.07, 6.45) is 1.03. The molecule has 0 unspecified atom stereocenters. The Hall–Kier alpha value is -2.64. The molecule has 0 aromatic heterocycles. The average molecular weight is 428 g/mol. The van der Waals surface area contributed by atoms with E-state index in [1.165, 1.54) is 5.56 Å². The van der Waals surface area contributed by atoms with Crippen LogP contribution < -0.4 is 10.1 Å². The van der Waals surface area contributed by atoms with Crippen LogP contribution in [-0.4, -0.2) is 67.3 Å². The Balaban J connectivity index is 1.41. The maximum Gasteiger partial charge on any atom is 0.338 e. The molecule has 1 saturated heterocycles. The first-order valence-electron chi connectivity index (χ1n) is 10.3. The summed E-state index contributed by atoms with van der Waals surface area (Å²) in [7, 11) is 1.69. The van der Waals surface area contributed by atoms with Gasteiger partial charge in [0.15, 0.2) is 5.11 Å². The molecule has 1 heterocycles. The molecule has 1 N–H and O–H groups in total. The van der Waals surface area contributed by atoms with Gasteiger partial charge in [0.25, 0.3) is 0 Å². The predicted octanol–water partition coefficient (Wildman–Crippen LogP) is 3.43. The minimum Gasteiger partial charge on any atom is -0.497 e. The van der Waals surface area contributed by atoms with Crippen molar-refractivity contribution >= 4 is 29.0 Å². The molecular formula is C23H29N3O3S. The lowest BCUT2D eigenvalue weighted by atomic mass is 10.1. The first kappa shape index (κ1) is 22.1. The number of nitrogens with zero attached hydrogens (tertiary/aromatic N) is 2. The summed E-state index contributed by atoms with van der Waals surface area (Å²) < 4.78 is 10.2. The molecule has 160 valence electrons. The van der Waals surface area contributed by atoms with Gasteiger partial charge in [-0.2, -0.15) is 0 Å². The lowest BCUT2D eigenvalue weighted by molar-refractivity contribution is 0.0526. The van der Waals surface area contributed by atoms with Gasteiger partial charge in [0, 0.05) is 38.4 Å². The molecule has 0 amide bonds. The van der Waals surface area contributed by atoms with E-state index < -0.39 is 0 Å². The van der Waals surface area contributed by atoms with Gasteiger partial charge < -0.3 is 19.7 Å². The van der Waals surface area contributed by atoms with E-state index in [2.05, 4.69) is 27.2 Å². The molecule has 2 aromatic rings. The quantitative estimate of drug-likeness (QED) is 0.537. The summed E-state index contributed by atoms with van der Waals surface area (Å²) in [6.45, 7) is 6.97. The van der Waals surface area contributed by atoms with Gasteiger partial charge in [-0.05, 0) is 67.5 Å². The second-order valence-electron chi connectivity index (χ2n) is 7.15. The molecule has 0 bridgehead atoms. The molecule has 7 heteroatoms. The van der Waals surface area contributed by atoms with Gasteiger partial charge in [-0.25, -0.2) is 4.79 Å². The van der Waals surface area contributed by atoms with E-state index in [0.29, 0.717) is 17.3 Å². The van der Waals surface area contributed by atoms with E-state index in [9.17, 15) is 4.79 Å². The SMILES string of the molecule is CCOC(=O)c1ccc(NC(=S)N2CCN(CCc3ccc(OC)cc3)CC2)cc1. The third kappa shape index (κ3) is 6.18. The fourth-order valence-corrected chi connectivity index (χ4v) is 3.66. The Morgan fingerprint density at radius 3 is 2.30 bits per heavy atom.